The number of likely N-dealkylation sites (tertiary alicyclic amines) is 1. The quantitative estimate of drug-likeness (QED) is 0.0202. The van der Waals surface area contributed by atoms with Gasteiger partial charge in [-0.05, 0) is 111 Å². The molecular weight excluding hydrogens is 1610 g/mol. The summed E-state index contributed by atoms with van der Waals surface area (Å²) in [5.41, 5.74) is 9.18. The first-order chi connectivity index (χ1) is 59.8. The number of Topliss-reactive ketones (excluding diaryl/α,β-unsaturated/α-hetero) is 3. The number of benzene rings is 3. The molecule has 32 nitrogen and oxygen atoms in total. The lowest BCUT2D eigenvalue weighted by molar-refractivity contribution is -0.149. The van der Waals surface area contributed by atoms with Crippen LogP contribution in [0.1, 0.15) is 176 Å². The molecule has 0 bridgehead atoms. The number of aryl methyl sites for hydroxylation is 1. The van der Waals surface area contributed by atoms with Gasteiger partial charge in [-0.2, -0.15) is 0 Å². The van der Waals surface area contributed by atoms with Crippen LogP contribution in [0.5, 0.6) is 0 Å². The summed E-state index contributed by atoms with van der Waals surface area (Å²) in [5.74, 6) is -6.16. The molecule has 0 saturated carbocycles. The maximum atomic E-state index is 14.9. The van der Waals surface area contributed by atoms with E-state index in [1.54, 1.807) is 80.9 Å². The highest BCUT2D eigenvalue weighted by molar-refractivity contribution is 5.98. The lowest BCUT2D eigenvalue weighted by Gasteiger charge is -2.41. The Morgan fingerprint density at radius 2 is 1.22 bits per heavy atom. The first kappa shape index (κ1) is 107. The van der Waals surface area contributed by atoms with Gasteiger partial charge >= 0.3 is 12.1 Å². The topological polar surface area (TPSA) is 395 Å². The highest BCUT2D eigenvalue weighted by Gasteiger charge is 2.44. The van der Waals surface area contributed by atoms with Crippen molar-refractivity contribution in [3.63, 3.8) is 0 Å². The standard InChI is InChI=1S/C93H147N11O21/c1-17-65(9)86(80(117-15)59-83(110)104-42-25-31-77(104)88(118-16)66(10)89(112)97-67(11)87(111)69-26-20-19-21-27-69)101(13)91(114)75(62(3)4)58-79(107)85(64(7)8)102(14)93(116)125-61-68-32-34-72(35-33-68)98-90(113)71(29-24-40-96-92(94)115)57-78(106)84(63(5)6)99-82(109)39-44-119-46-48-121-50-52-123-54-55-124-53-51-122-49-47-120-45-41-95-81(108)37-36-74(105)38-43-103-73(60-100(12)18-2)56-70-28-22-23-30-76(70)103/h19-23,26-28,30,32-35,56,62-67,71,75,77,80,84-88,111H,17-18,24-25,29,31,36-55,57-61H2,1-16H3,(H,95,108)(H,97,112)(H,98,113)(H,99,109)(H3,94,96,115)/t65-,66+,67+,71+,75-,77-,80+,84-,85-,86-,87+,88+/m0/s1. The van der Waals surface area contributed by atoms with E-state index >= 15 is 0 Å². The highest BCUT2D eigenvalue weighted by Crippen LogP contribution is 2.33. The molecule has 2 heterocycles. The Hall–Kier alpha value is -8.83. The third-order valence-electron chi connectivity index (χ3n) is 23.2. The number of likely N-dealkylation sites (N-methyl/N-ethyl adjacent to an activating group) is 2. The van der Waals surface area contributed by atoms with Crippen molar-refractivity contribution < 1.29 is 100 Å². The molecule has 9 amide bonds. The van der Waals surface area contributed by atoms with Crippen molar-refractivity contribution in [3.8, 4) is 0 Å². The van der Waals surface area contributed by atoms with E-state index in [1.807, 2.05) is 71.9 Å². The molecule has 0 spiro atoms. The molecule has 125 heavy (non-hydrogen) atoms. The number of hydrogen-bond donors (Lipinski definition) is 7. The van der Waals surface area contributed by atoms with Crippen LogP contribution < -0.4 is 32.3 Å². The maximum absolute atomic E-state index is 14.9. The normalized spacial score (nSPS) is 15.6. The van der Waals surface area contributed by atoms with E-state index in [1.165, 1.54) is 26.2 Å². The van der Waals surface area contributed by atoms with Crippen LogP contribution in [0.4, 0.5) is 15.3 Å². The first-order valence-corrected chi connectivity index (χ1v) is 44.6. The van der Waals surface area contributed by atoms with E-state index in [4.69, 9.17) is 48.4 Å². The fraction of sp³-hybridized carbons (Fsp3) is 0.667. The number of ether oxygens (including phenoxy) is 9. The summed E-state index contributed by atoms with van der Waals surface area (Å²) in [6.07, 6.45) is -0.583. The number of aliphatic hydroxyl groups is 1. The molecule has 0 aliphatic carbocycles. The highest BCUT2D eigenvalue weighted by atomic mass is 16.6. The SMILES string of the molecule is CC[C@H](C)[C@@H]([C@@H](CC(=O)N1CCC[C@H]1[C@H](OC)[C@@H](C)C(=O)N[C@H](C)[C@@H](O)c1ccccc1)OC)N(C)C(=O)[C@@H](CC(=O)[C@H](C(C)C)N(C)C(=O)OCc1ccc(NC(=O)[C@H](CCCNC(N)=O)CC(=O)[C@@H](NC(=O)CCOCCOCCOCCOCCOCCOCCNC(=O)CCC(=O)CCn2c(CN(C)CC)cc3ccccc32)C(C)C)cc1)C(C)C. The number of nitrogens with zero attached hydrogens (tertiary/aromatic N) is 5. The van der Waals surface area contributed by atoms with E-state index < -0.39 is 96.1 Å². The molecule has 8 N–H and O–H groups in total. The minimum absolute atomic E-state index is 0.0338. The number of methoxy groups -OCH3 is 2. The van der Waals surface area contributed by atoms with Gasteiger partial charge in [-0.1, -0.05) is 136 Å². The summed E-state index contributed by atoms with van der Waals surface area (Å²) in [7, 11) is 8.27. The molecule has 1 aliphatic rings. The van der Waals surface area contributed by atoms with E-state index in [0.29, 0.717) is 128 Å². The lowest BCUT2D eigenvalue weighted by Crippen LogP contribution is -2.55. The van der Waals surface area contributed by atoms with Crippen LogP contribution in [-0.2, 0) is 105 Å². The second kappa shape index (κ2) is 57.8. The van der Waals surface area contributed by atoms with Crippen molar-refractivity contribution in [1.82, 2.24) is 45.4 Å². The molecule has 0 unspecified atom stereocenters. The Morgan fingerprint density at radius 3 is 1.79 bits per heavy atom. The number of carbonyl (C=O) groups is 11. The predicted octanol–water partition coefficient (Wildman–Crippen LogP) is 9.22. The number of nitrogens with two attached hydrogens (primary N) is 1. The summed E-state index contributed by atoms with van der Waals surface area (Å²) in [6, 6.07) is 21.7. The number of para-hydroxylation sites is 1. The molecule has 1 aromatic heterocycles. The van der Waals surface area contributed by atoms with Gasteiger partial charge in [0.1, 0.15) is 12.4 Å². The van der Waals surface area contributed by atoms with Crippen LogP contribution >= 0.6 is 0 Å². The number of aromatic nitrogens is 1. The summed E-state index contributed by atoms with van der Waals surface area (Å²) in [4.78, 5) is 157. The second-order valence-electron chi connectivity index (χ2n) is 33.6. The van der Waals surface area contributed by atoms with Gasteiger partial charge in [0.25, 0.3) is 0 Å². The van der Waals surface area contributed by atoms with E-state index in [2.05, 4.69) is 68.2 Å². The molecule has 32 heteroatoms. The minimum Gasteiger partial charge on any atom is -0.445 e. The average molecular weight is 1760 g/mol. The Balaban J connectivity index is 0.977. The zero-order valence-corrected chi connectivity index (χ0v) is 77.1. The zero-order chi connectivity index (χ0) is 92.1. The zero-order valence-electron chi connectivity index (χ0n) is 77.1. The van der Waals surface area contributed by atoms with Gasteiger partial charge in [0.15, 0.2) is 11.6 Å². The molecule has 4 aromatic rings. The maximum Gasteiger partial charge on any atom is 0.410 e. The fourth-order valence-electron chi connectivity index (χ4n) is 15.7. The van der Waals surface area contributed by atoms with Crippen LogP contribution in [-0.4, -0.2) is 277 Å². The molecule has 12 atom stereocenters. The summed E-state index contributed by atoms with van der Waals surface area (Å²) < 4.78 is 53.6. The molecule has 1 aliphatic heterocycles. The van der Waals surface area contributed by atoms with Gasteiger partial charge in [0.2, 0.25) is 35.4 Å². The first-order valence-electron chi connectivity index (χ1n) is 44.6. The number of amides is 9. The summed E-state index contributed by atoms with van der Waals surface area (Å²) in [5, 5.41) is 26.1. The number of primary amides is 1. The second-order valence-corrected chi connectivity index (χ2v) is 33.6. The molecular formula is C93H147N11O21. The van der Waals surface area contributed by atoms with Crippen LogP contribution in [0.2, 0.25) is 0 Å². The van der Waals surface area contributed by atoms with Crippen molar-refractivity contribution in [2.24, 2.45) is 47.2 Å². The summed E-state index contributed by atoms with van der Waals surface area (Å²) in [6.45, 7) is 27.2. The van der Waals surface area contributed by atoms with Gasteiger partial charge in [0, 0.05) is 128 Å². The van der Waals surface area contributed by atoms with Crippen LogP contribution in [0.25, 0.3) is 10.9 Å². The summed E-state index contributed by atoms with van der Waals surface area (Å²) >= 11 is 0. The molecule has 1 fully saturated rings. The van der Waals surface area contributed by atoms with Crippen molar-refractivity contribution in [1.29, 1.82) is 0 Å². The Bertz CT molecular complexity index is 3920. The number of aliphatic hydroxyl groups excluding tert-OH is 1. The number of carbonyl (C=O) groups excluding carboxylic acids is 11. The van der Waals surface area contributed by atoms with E-state index in [9.17, 15) is 57.8 Å². The fourth-order valence-corrected chi connectivity index (χ4v) is 15.7. The van der Waals surface area contributed by atoms with Gasteiger partial charge in [-0.3, -0.25) is 43.2 Å². The van der Waals surface area contributed by atoms with Crippen molar-refractivity contribution in [2.75, 3.05) is 146 Å². The monoisotopic (exact) mass is 1750 g/mol. The van der Waals surface area contributed by atoms with Gasteiger partial charge in [0.05, 0.1) is 140 Å². The molecule has 0 radical (unpaired) electrons. The van der Waals surface area contributed by atoms with Crippen molar-refractivity contribution in [2.45, 2.75) is 221 Å². The largest absolute Gasteiger partial charge is 0.445 e. The van der Waals surface area contributed by atoms with E-state index in [-0.39, 0.29) is 137 Å². The number of hydrogen-bond acceptors (Lipinski definition) is 22. The average Bonchev–Trinajstić information content (AvgIpc) is 1.70. The molecule has 700 valence electrons. The number of ketones is 3. The van der Waals surface area contributed by atoms with E-state index in [0.717, 1.165) is 29.7 Å². The Kier molecular flexibility index (Phi) is 49.3. The van der Waals surface area contributed by atoms with Crippen LogP contribution in [0.3, 0.4) is 0 Å². The van der Waals surface area contributed by atoms with Gasteiger partial charge < -0.3 is 104 Å². The third-order valence-corrected chi connectivity index (χ3v) is 23.2. The minimum atomic E-state index is -0.979. The number of fused-ring (bicyclic) bond motifs is 1. The molecule has 3 aromatic carbocycles. The van der Waals surface area contributed by atoms with Gasteiger partial charge in [-0.15, -0.1) is 0 Å². The van der Waals surface area contributed by atoms with Crippen molar-refractivity contribution >= 4 is 81.5 Å². The lowest BCUT2D eigenvalue weighted by atomic mass is 9.83. The molecule has 1 saturated heterocycles. The smallest absolute Gasteiger partial charge is 0.410 e. The van der Waals surface area contributed by atoms with Gasteiger partial charge in [-0.25, -0.2) is 9.59 Å². The number of anilines is 1. The van der Waals surface area contributed by atoms with Crippen LogP contribution in [0, 0.1) is 41.4 Å². The molecule has 5 rings (SSSR count). The number of urea groups is 1. The Labute approximate surface area is 740 Å². The van der Waals surface area contributed by atoms with Crippen LogP contribution in [0.15, 0.2) is 84.9 Å². The number of rotatable bonds is 64. The predicted molar refractivity (Wildman–Crippen MR) is 477 cm³/mol. The van der Waals surface area contributed by atoms with Crippen molar-refractivity contribution in [3.05, 3.63) is 102 Å². The third kappa shape index (κ3) is 36.8. The Morgan fingerprint density at radius 1 is 0.608 bits per heavy atom. The number of nitrogens with one attached hydrogen (secondary N) is 5.